The van der Waals surface area contributed by atoms with Gasteiger partial charge in [-0.25, -0.2) is 4.90 Å². The third kappa shape index (κ3) is 4.41. The zero-order valence-corrected chi connectivity index (χ0v) is 20.3. The molecule has 6 nitrogen and oxygen atoms in total. The van der Waals surface area contributed by atoms with Crippen LogP contribution in [0.5, 0.6) is 5.75 Å². The van der Waals surface area contributed by atoms with Crippen molar-refractivity contribution in [2.24, 2.45) is 0 Å². The summed E-state index contributed by atoms with van der Waals surface area (Å²) in [6.07, 6.45) is 0.426. The van der Waals surface area contributed by atoms with E-state index in [4.69, 9.17) is 58.7 Å². The van der Waals surface area contributed by atoms with Gasteiger partial charge in [-0.05, 0) is 43.5 Å². The summed E-state index contributed by atoms with van der Waals surface area (Å²) < 4.78 is 0. The van der Waals surface area contributed by atoms with Crippen molar-refractivity contribution in [2.45, 2.75) is 49.2 Å². The average Bonchev–Trinajstić information content (AvgIpc) is 3.06. The maximum Gasteiger partial charge on any atom is 0.239 e. The summed E-state index contributed by atoms with van der Waals surface area (Å²) >= 11 is 6.34. The Bertz CT molecular complexity index is 1140. The van der Waals surface area contributed by atoms with Crippen LogP contribution in [-0.2, 0) is 0 Å². The predicted molar refractivity (Wildman–Crippen MR) is 141 cm³/mol. The van der Waals surface area contributed by atoms with Crippen molar-refractivity contribution in [3.63, 3.8) is 0 Å². The summed E-state index contributed by atoms with van der Waals surface area (Å²) in [5, 5.41) is 42.7. The van der Waals surface area contributed by atoms with Gasteiger partial charge in [-0.3, -0.25) is 4.90 Å². The molecule has 1 heterocycles. The number of nitrogens with zero attached hydrogens (tertiary/aromatic N) is 2. The van der Waals surface area contributed by atoms with Gasteiger partial charge in [0.25, 0.3) is 0 Å². The summed E-state index contributed by atoms with van der Waals surface area (Å²) in [7, 11) is 35.9. The van der Waals surface area contributed by atoms with Crippen LogP contribution in [0.2, 0.25) is 5.02 Å². The molecular weight excluding hydrogens is 457 g/mol. The zero-order valence-electron chi connectivity index (χ0n) is 19.5. The molecule has 2 aromatic carbocycles. The Hall–Kier alpha value is -1.28. The van der Waals surface area contributed by atoms with Gasteiger partial charge in [0.1, 0.15) is 47.1 Å². The number of phenols is 1. The summed E-state index contributed by atoms with van der Waals surface area (Å²) in [6, 6.07) is 5.04. The number of aliphatic hydroxyl groups is 3. The first-order valence-electron chi connectivity index (χ1n) is 11.0. The van der Waals surface area contributed by atoms with Gasteiger partial charge in [-0.2, -0.15) is 0 Å². The Labute approximate surface area is 218 Å². The monoisotopic (exact) mass is 478 g/mol. The zero-order chi connectivity index (χ0) is 26.2. The minimum Gasteiger partial charge on any atom is -0.509 e. The average molecular weight is 478 g/mol. The van der Waals surface area contributed by atoms with E-state index in [1.54, 1.807) is 26.0 Å². The molecule has 1 aliphatic carbocycles. The molecule has 0 saturated carbocycles. The number of fused-ring (bicyclic) bond motifs is 1. The molecule has 13 heteroatoms. The van der Waals surface area contributed by atoms with E-state index in [0.717, 1.165) is 16.0 Å². The van der Waals surface area contributed by atoms with Crippen molar-refractivity contribution in [2.75, 3.05) is 13.1 Å². The third-order valence-electron chi connectivity index (χ3n) is 7.03. The Balaban J connectivity index is 1.81. The molecule has 1 fully saturated rings. The van der Waals surface area contributed by atoms with E-state index in [2.05, 4.69) is 0 Å². The van der Waals surface area contributed by atoms with Crippen molar-refractivity contribution in [1.29, 1.82) is 0 Å². The van der Waals surface area contributed by atoms with E-state index >= 15 is 0 Å². The first kappa shape index (κ1) is 26.8. The van der Waals surface area contributed by atoms with E-state index < -0.39 is 17.0 Å². The molecule has 35 heavy (non-hydrogen) atoms. The minimum atomic E-state index is -2.55. The van der Waals surface area contributed by atoms with E-state index in [-0.39, 0.29) is 52.6 Å². The quantitative estimate of drug-likeness (QED) is 0.275. The molecule has 2 atom stereocenters. The van der Waals surface area contributed by atoms with E-state index in [1.807, 2.05) is 11.0 Å². The fraction of sp³-hybridized carbons (Fsp3) is 0.455. The Morgan fingerprint density at radius 1 is 0.971 bits per heavy atom. The van der Waals surface area contributed by atoms with Crippen LogP contribution < -0.4 is 21.9 Å². The van der Waals surface area contributed by atoms with Crippen LogP contribution in [0, 0.1) is 0 Å². The number of β-amino-alcohol motifs (C(OH)–C–C–N with tert-alkyl or cyclic N) is 2. The van der Waals surface area contributed by atoms with Crippen molar-refractivity contribution >= 4 is 80.5 Å². The van der Waals surface area contributed by atoms with Gasteiger partial charge in [0.2, 0.25) is 5.91 Å². The lowest BCUT2D eigenvalue weighted by Gasteiger charge is -2.59. The van der Waals surface area contributed by atoms with Gasteiger partial charge in [-0.1, -0.05) is 45.1 Å². The lowest BCUT2D eigenvalue weighted by Crippen LogP contribution is -2.77. The van der Waals surface area contributed by atoms with E-state index in [0.29, 0.717) is 17.0 Å². The number of rotatable bonds is 3. The van der Waals surface area contributed by atoms with Crippen LogP contribution in [0.15, 0.2) is 18.2 Å². The molecule has 0 unspecified atom stereocenters. The van der Waals surface area contributed by atoms with Crippen molar-refractivity contribution in [1.82, 2.24) is 9.80 Å². The predicted octanol–water partition coefficient (Wildman–Crippen LogP) is -3.23. The number of phenolic OH excluding ortho intramolecular Hbond substituents is 1. The van der Waals surface area contributed by atoms with Gasteiger partial charge < -0.3 is 20.4 Å². The van der Waals surface area contributed by atoms with Crippen LogP contribution in [0.4, 0.5) is 0 Å². The summed E-state index contributed by atoms with van der Waals surface area (Å²) in [5.74, 6) is -3.29. The van der Waals surface area contributed by atoms with E-state index in [1.165, 1.54) is 0 Å². The first-order chi connectivity index (χ1) is 16.0. The molecule has 0 spiro atoms. The molecule has 4 rings (SSSR count). The smallest absolute Gasteiger partial charge is 0.239 e. The van der Waals surface area contributed by atoms with Gasteiger partial charge in [-0.15, -0.1) is 0 Å². The van der Waals surface area contributed by atoms with Gasteiger partial charge in [0.05, 0.1) is 12.3 Å². The van der Waals surface area contributed by atoms with Crippen molar-refractivity contribution < 1.29 is 20.4 Å². The second kappa shape index (κ2) is 8.64. The second-order valence-electron chi connectivity index (χ2n) is 10.1. The fourth-order valence-electron chi connectivity index (χ4n) is 5.90. The van der Waals surface area contributed by atoms with Crippen molar-refractivity contribution in [3.8, 4) is 5.75 Å². The van der Waals surface area contributed by atoms with Crippen LogP contribution >= 0.6 is 11.6 Å². The SMILES string of the molecule is [B]c1c([B])c([C@@H]2C[C@@H](N3CC(C)(C)N(C([B])([B])O)C(O)(O)C3)c3cc(Cl)ccc32)c([B])c([B])c1O. The van der Waals surface area contributed by atoms with Crippen LogP contribution in [0.3, 0.4) is 0 Å². The van der Waals surface area contributed by atoms with Crippen LogP contribution in [0.1, 0.15) is 48.9 Å². The Kier molecular flexibility index (Phi) is 6.61. The highest BCUT2D eigenvalue weighted by Crippen LogP contribution is 2.49. The Morgan fingerprint density at radius 2 is 1.54 bits per heavy atom. The lowest BCUT2D eigenvalue weighted by molar-refractivity contribution is -0.347. The Morgan fingerprint density at radius 3 is 2.06 bits per heavy atom. The molecule has 0 aromatic heterocycles. The lowest BCUT2D eigenvalue weighted by atomic mass is 9.63. The topological polar surface area (TPSA) is 87.4 Å². The van der Waals surface area contributed by atoms with Gasteiger partial charge in [0, 0.05) is 34.6 Å². The number of piperazine rings is 1. The maximum absolute atomic E-state index is 10.9. The highest BCUT2D eigenvalue weighted by Gasteiger charge is 2.55. The normalized spacial score (nSPS) is 24.4. The fourth-order valence-corrected chi connectivity index (χ4v) is 6.08. The van der Waals surface area contributed by atoms with Crippen LogP contribution in [-0.4, -0.2) is 107 Å². The molecule has 4 N–H and O–H groups in total. The highest BCUT2D eigenvalue weighted by atomic mass is 35.5. The largest absolute Gasteiger partial charge is 0.509 e. The number of hydrogen-bond acceptors (Lipinski definition) is 6. The van der Waals surface area contributed by atoms with E-state index in [9.17, 15) is 20.4 Å². The summed E-state index contributed by atoms with van der Waals surface area (Å²) in [4.78, 5) is 2.73. The first-order valence-corrected chi connectivity index (χ1v) is 11.4. The minimum absolute atomic E-state index is 0.0599. The van der Waals surface area contributed by atoms with Crippen molar-refractivity contribution in [3.05, 3.63) is 39.9 Å². The number of halogens is 1. The van der Waals surface area contributed by atoms with Crippen LogP contribution in [0.25, 0.3) is 0 Å². The highest BCUT2D eigenvalue weighted by molar-refractivity contribution is 6.58. The molecule has 168 valence electrons. The number of aromatic hydroxyl groups is 1. The molecule has 1 saturated heterocycles. The summed E-state index contributed by atoms with van der Waals surface area (Å²) in [5.41, 5.74) is -1.21. The number of benzene rings is 2. The molecule has 2 aromatic rings. The van der Waals surface area contributed by atoms with Gasteiger partial charge >= 0.3 is 0 Å². The molecule has 1 aliphatic heterocycles. The molecule has 2 aliphatic rings. The summed E-state index contributed by atoms with van der Waals surface area (Å²) in [6.45, 7) is 3.34. The molecule has 0 bridgehead atoms. The number of hydrogen-bond donors (Lipinski definition) is 4. The molecule has 12 radical (unpaired) electrons. The van der Waals surface area contributed by atoms with Gasteiger partial charge in [0.15, 0.2) is 0 Å². The third-order valence-corrected chi connectivity index (χ3v) is 7.26. The molecular formula is C22H21B6ClN2O4. The molecule has 0 amide bonds. The standard InChI is InChI=1S/C22H21B6ClN2O4/c1-20(2)7-30(8-21(33,34)31(20)22(27,28)35)13-6-12(10-4-3-9(29)5-11(10)13)14-15(23)17(25)19(32)18(26)16(14)24/h3-5,12-13,32-35H,6-8H2,1-2H3/t12-,13-/m1/s1. The second-order valence-corrected chi connectivity index (χ2v) is 10.5. The maximum atomic E-state index is 10.9.